The van der Waals surface area contributed by atoms with E-state index < -0.39 is 19.7 Å². The van der Waals surface area contributed by atoms with Crippen molar-refractivity contribution >= 4 is 19.7 Å². The van der Waals surface area contributed by atoms with Gasteiger partial charge in [0.2, 0.25) is 0 Å². The van der Waals surface area contributed by atoms with Crippen molar-refractivity contribution in [3.8, 4) is 0 Å². The Morgan fingerprint density at radius 2 is 1.18 bits per heavy atom. The van der Waals surface area contributed by atoms with E-state index in [-0.39, 0.29) is 22.0 Å². The summed E-state index contributed by atoms with van der Waals surface area (Å²) in [7, 11) is -5.78. The molecule has 0 bridgehead atoms. The Bertz CT molecular complexity index is 559. The molecule has 0 spiro atoms. The minimum absolute atomic E-state index is 0.240. The molecule has 0 aromatic heterocycles. The predicted octanol–water partition coefficient (Wildman–Crippen LogP) is -0.220. The largest absolute Gasteiger partial charge is 0.297 e. The molecule has 2 fully saturated rings. The van der Waals surface area contributed by atoms with Crippen LogP contribution in [0.1, 0.15) is 13.8 Å². The van der Waals surface area contributed by atoms with Gasteiger partial charge >= 0.3 is 0 Å². The van der Waals surface area contributed by atoms with E-state index in [1.165, 1.54) is 0 Å². The van der Waals surface area contributed by atoms with Crippen molar-refractivity contribution in [2.75, 3.05) is 50.8 Å². The molecule has 6 nitrogen and oxygen atoms in total. The van der Waals surface area contributed by atoms with Crippen molar-refractivity contribution in [1.82, 2.24) is 9.80 Å². The van der Waals surface area contributed by atoms with Crippen molar-refractivity contribution in [2.24, 2.45) is 0 Å². The maximum atomic E-state index is 11.6. The topological polar surface area (TPSA) is 74.8 Å². The van der Waals surface area contributed by atoms with Gasteiger partial charge in [0, 0.05) is 39.3 Å². The highest BCUT2D eigenvalue weighted by atomic mass is 32.2. The van der Waals surface area contributed by atoms with Crippen molar-refractivity contribution < 1.29 is 16.8 Å². The van der Waals surface area contributed by atoms with E-state index in [9.17, 15) is 16.8 Å². The average Bonchev–Trinajstić information content (AvgIpc) is 2.43. The molecule has 2 saturated heterocycles. The van der Waals surface area contributed by atoms with Gasteiger partial charge in [-0.05, 0) is 13.8 Å². The normalized spacial score (nSPS) is 33.2. The summed E-state index contributed by atoms with van der Waals surface area (Å²) >= 11 is 0. The molecule has 22 heavy (non-hydrogen) atoms. The highest BCUT2D eigenvalue weighted by molar-refractivity contribution is 7.92. The first-order valence-corrected chi connectivity index (χ1v) is 11.2. The lowest BCUT2D eigenvalue weighted by Crippen LogP contribution is -2.46. The third kappa shape index (κ3) is 4.53. The number of sulfone groups is 2. The Hall–Kier alpha value is -0.440. The summed E-state index contributed by atoms with van der Waals surface area (Å²) in [4.78, 5) is 4.29. The third-order valence-electron chi connectivity index (χ3n) is 4.53. The van der Waals surface area contributed by atoms with Gasteiger partial charge in [-0.15, -0.1) is 0 Å². The van der Waals surface area contributed by atoms with Gasteiger partial charge in [-0.1, -0.05) is 12.2 Å². The molecule has 0 unspecified atom stereocenters. The number of nitrogens with zero attached hydrogens (tertiary/aromatic N) is 2. The van der Waals surface area contributed by atoms with E-state index in [1.807, 2.05) is 0 Å². The highest BCUT2D eigenvalue weighted by Crippen LogP contribution is 2.13. The first-order chi connectivity index (χ1) is 10.2. The van der Waals surface area contributed by atoms with Crippen molar-refractivity contribution in [3.63, 3.8) is 0 Å². The van der Waals surface area contributed by atoms with E-state index in [0.717, 1.165) is 13.1 Å². The molecule has 2 rings (SSSR count). The van der Waals surface area contributed by atoms with Crippen LogP contribution in [0.5, 0.6) is 0 Å². The minimum Gasteiger partial charge on any atom is -0.297 e. The van der Waals surface area contributed by atoms with Gasteiger partial charge in [-0.2, -0.15) is 0 Å². The Balaban J connectivity index is 1.73. The molecule has 0 amide bonds. The van der Waals surface area contributed by atoms with Crippen LogP contribution in [-0.4, -0.2) is 87.9 Å². The van der Waals surface area contributed by atoms with Crippen LogP contribution in [0.4, 0.5) is 0 Å². The fourth-order valence-corrected chi connectivity index (χ4v) is 5.54. The van der Waals surface area contributed by atoms with Crippen LogP contribution in [0.3, 0.4) is 0 Å². The summed E-state index contributed by atoms with van der Waals surface area (Å²) in [6.07, 6.45) is 4.11. The third-order valence-corrected chi connectivity index (χ3v) is 8.79. The molecule has 0 saturated carbocycles. The fraction of sp³-hybridized carbons (Fsp3) is 0.857. The molecule has 8 heteroatoms. The number of hydrogen-bond donors (Lipinski definition) is 0. The summed E-state index contributed by atoms with van der Waals surface area (Å²) in [5.41, 5.74) is 0. The fourth-order valence-electron chi connectivity index (χ4n) is 2.83. The van der Waals surface area contributed by atoms with Gasteiger partial charge in [0.15, 0.2) is 19.7 Å². The molecule has 0 aromatic carbocycles. The monoisotopic (exact) mass is 350 g/mol. The van der Waals surface area contributed by atoms with Crippen LogP contribution in [-0.2, 0) is 19.7 Å². The van der Waals surface area contributed by atoms with E-state index in [0.29, 0.717) is 26.2 Å². The SMILES string of the molecule is C[C@@H]1CN(C/C=C/CN2CCS(=O)(=O)[C@H](C)C2)CCS1(=O)=O. The van der Waals surface area contributed by atoms with Gasteiger partial charge in [0.05, 0.1) is 22.0 Å². The Morgan fingerprint density at radius 3 is 1.50 bits per heavy atom. The van der Waals surface area contributed by atoms with E-state index >= 15 is 0 Å². The van der Waals surface area contributed by atoms with Crippen LogP contribution in [0, 0.1) is 0 Å². The predicted molar refractivity (Wildman–Crippen MR) is 88.5 cm³/mol. The molecular formula is C14H26N2O4S2. The molecule has 128 valence electrons. The molecule has 0 aromatic rings. The second-order valence-corrected chi connectivity index (χ2v) is 11.4. The van der Waals surface area contributed by atoms with Crippen LogP contribution >= 0.6 is 0 Å². The minimum atomic E-state index is -2.89. The van der Waals surface area contributed by atoms with Crippen LogP contribution in [0.25, 0.3) is 0 Å². The first-order valence-electron chi connectivity index (χ1n) is 7.73. The average molecular weight is 351 g/mol. The van der Waals surface area contributed by atoms with Crippen molar-refractivity contribution in [1.29, 1.82) is 0 Å². The number of rotatable bonds is 4. The van der Waals surface area contributed by atoms with E-state index in [4.69, 9.17) is 0 Å². The standard InChI is InChI=1S/C14H26N2O4S2/c1-13-11-15(7-9-21(13,17)18)5-3-4-6-16-8-10-22(19,20)14(2)12-16/h3-4,13-14H,5-12H2,1-2H3/b4-3+/t13-,14-/m1/s1. The number of hydrogen-bond acceptors (Lipinski definition) is 6. The van der Waals surface area contributed by atoms with Crippen molar-refractivity contribution in [2.45, 2.75) is 24.3 Å². The quantitative estimate of drug-likeness (QED) is 0.653. The summed E-state index contributed by atoms with van der Waals surface area (Å²) < 4.78 is 46.6. The molecule has 0 aliphatic carbocycles. The van der Waals surface area contributed by atoms with E-state index in [2.05, 4.69) is 22.0 Å². The molecule has 2 atom stereocenters. The second-order valence-electron chi connectivity index (χ2n) is 6.35. The first kappa shape index (κ1) is 17.9. The van der Waals surface area contributed by atoms with E-state index in [1.54, 1.807) is 13.8 Å². The smallest absolute Gasteiger partial charge is 0.155 e. The van der Waals surface area contributed by atoms with Crippen LogP contribution in [0.2, 0.25) is 0 Å². The lowest BCUT2D eigenvalue weighted by Gasteiger charge is -2.30. The molecule has 0 N–H and O–H groups in total. The maximum Gasteiger partial charge on any atom is 0.155 e. The summed E-state index contributed by atoms with van der Waals surface area (Å²) in [6.45, 7) is 7.40. The van der Waals surface area contributed by atoms with Gasteiger partial charge in [0.1, 0.15) is 0 Å². The molecule has 2 heterocycles. The zero-order chi connectivity index (χ0) is 16.4. The zero-order valence-electron chi connectivity index (χ0n) is 13.3. The van der Waals surface area contributed by atoms with Gasteiger partial charge in [-0.25, -0.2) is 16.8 Å². The maximum absolute atomic E-state index is 11.6. The van der Waals surface area contributed by atoms with Gasteiger partial charge < -0.3 is 0 Å². The van der Waals surface area contributed by atoms with Gasteiger partial charge in [-0.3, -0.25) is 9.80 Å². The lowest BCUT2D eigenvalue weighted by molar-refractivity contribution is 0.299. The van der Waals surface area contributed by atoms with Crippen LogP contribution in [0.15, 0.2) is 12.2 Å². The molecular weight excluding hydrogens is 324 g/mol. The summed E-state index contributed by atoms with van der Waals surface area (Å²) in [5.74, 6) is 0.479. The molecule has 2 aliphatic rings. The Kier molecular flexibility index (Phi) is 5.68. The molecule has 0 radical (unpaired) electrons. The second kappa shape index (κ2) is 6.98. The summed E-state index contributed by atoms with van der Waals surface area (Å²) in [6, 6.07) is 0. The summed E-state index contributed by atoms with van der Waals surface area (Å²) in [5, 5.41) is -0.578. The Labute approximate surface area is 134 Å². The highest BCUT2D eigenvalue weighted by Gasteiger charge is 2.29. The van der Waals surface area contributed by atoms with Gasteiger partial charge in [0.25, 0.3) is 0 Å². The van der Waals surface area contributed by atoms with Crippen LogP contribution < -0.4 is 0 Å². The lowest BCUT2D eigenvalue weighted by atomic mass is 10.3. The Morgan fingerprint density at radius 1 is 0.818 bits per heavy atom. The zero-order valence-corrected chi connectivity index (χ0v) is 14.9. The van der Waals surface area contributed by atoms with Crippen molar-refractivity contribution in [3.05, 3.63) is 12.2 Å². The molecule has 2 aliphatic heterocycles.